The molecule has 2 aliphatic heterocycles. The Morgan fingerprint density at radius 3 is 1.35 bits per heavy atom. The number of esters is 2. The third-order valence-corrected chi connectivity index (χ3v) is 13.0. The highest BCUT2D eigenvalue weighted by atomic mass is 16.7. The van der Waals surface area contributed by atoms with E-state index >= 15 is 0 Å². The van der Waals surface area contributed by atoms with Gasteiger partial charge in [-0.2, -0.15) is 0 Å². The van der Waals surface area contributed by atoms with Crippen LogP contribution in [0.2, 0.25) is 0 Å². The van der Waals surface area contributed by atoms with E-state index in [2.05, 4.69) is 62.5 Å². The van der Waals surface area contributed by atoms with Gasteiger partial charge in [0.05, 0.1) is 19.8 Å². The van der Waals surface area contributed by atoms with Crippen LogP contribution in [-0.2, 0) is 38.0 Å². The molecule has 0 spiro atoms. The third-order valence-electron chi connectivity index (χ3n) is 13.0. The van der Waals surface area contributed by atoms with Gasteiger partial charge in [-0.3, -0.25) is 9.59 Å². The van der Waals surface area contributed by atoms with Gasteiger partial charge in [-0.15, -0.1) is 0 Å². The number of allylic oxidation sites excluding steroid dienone is 8. The topological polar surface area (TPSA) is 231 Å². The molecule has 0 aromatic carbocycles. The Bertz CT molecular complexity index is 1420. The Balaban J connectivity index is 1.77. The number of aliphatic hydroxyl groups is 7. The largest absolute Gasteiger partial charge is 0.462 e. The van der Waals surface area contributed by atoms with Crippen LogP contribution in [0.4, 0.5) is 0 Å². The van der Waals surface area contributed by atoms with E-state index in [1.165, 1.54) is 77.0 Å². The van der Waals surface area contributed by atoms with Crippen LogP contribution >= 0.6 is 0 Å². The van der Waals surface area contributed by atoms with E-state index in [1.54, 1.807) is 0 Å². The zero-order valence-electron chi connectivity index (χ0n) is 43.7. The fourth-order valence-corrected chi connectivity index (χ4v) is 8.44. The number of hydrogen-bond donors (Lipinski definition) is 7. The van der Waals surface area contributed by atoms with E-state index < -0.39 is 92.7 Å². The zero-order chi connectivity index (χ0) is 51.7. The predicted octanol–water partition coefficient (Wildman–Crippen LogP) is 8.66. The molecule has 7 N–H and O–H groups in total. The van der Waals surface area contributed by atoms with Crippen LogP contribution in [0.15, 0.2) is 48.6 Å². The van der Waals surface area contributed by atoms with E-state index in [9.17, 15) is 45.3 Å². The molecular weight excluding hydrogens is 913 g/mol. The molecular formula is C56H98O15. The predicted molar refractivity (Wildman–Crippen MR) is 275 cm³/mol. The van der Waals surface area contributed by atoms with Crippen molar-refractivity contribution in [2.24, 2.45) is 0 Å². The molecule has 2 heterocycles. The minimum Gasteiger partial charge on any atom is -0.462 e. The van der Waals surface area contributed by atoms with Crippen molar-refractivity contribution < 1.29 is 73.8 Å². The van der Waals surface area contributed by atoms with Crippen molar-refractivity contribution in [1.29, 1.82) is 0 Å². The lowest BCUT2D eigenvalue weighted by atomic mass is 9.98. The highest BCUT2D eigenvalue weighted by Crippen LogP contribution is 2.26. The smallest absolute Gasteiger partial charge is 0.306 e. The van der Waals surface area contributed by atoms with Gasteiger partial charge in [0.1, 0.15) is 55.4 Å². The van der Waals surface area contributed by atoms with Gasteiger partial charge < -0.3 is 64.2 Å². The standard InChI is InChI=1S/C56H98O15/c1-3-5-7-9-11-13-15-17-19-20-21-22-23-24-25-27-29-31-33-35-37-39-48(59)69-44(41-66-47(58)38-36-34-32-30-28-26-18-16-14-12-10-8-6-4-2)42-67-55-54(65)52(63)50(61)46(71-55)43-68-56-53(64)51(62)49(60)45(40-57)70-56/h10,12,15-18,20-21,44-46,49-57,60-65H,3-9,11,13-14,19,22-43H2,1-2H3/b12-10-,17-15-,18-16-,21-20-. The minimum absolute atomic E-state index is 0.156. The summed E-state index contributed by atoms with van der Waals surface area (Å²) < 4.78 is 33.6. The average Bonchev–Trinajstić information content (AvgIpc) is 3.36. The van der Waals surface area contributed by atoms with Crippen molar-refractivity contribution in [3.8, 4) is 0 Å². The monoisotopic (exact) mass is 1010 g/mol. The maximum absolute atomic E-state index is 13.0. The lowest BCUT2D eigenvalue weighted by molar-refractivity contribution is -0.332. The molecule has 0 saturated carbocycles. The van der Waals surface area contributed by atoms with Crippen molar-refractivity contribution in [3.63, 3.8) is 0 Å². The van der Waals surface area contributed by atoms with Crippen LogP contribution in [0, 0.1) is 0 Å². The Labute approximate surface area is 427 Å². The van der Waals surface area contributed by atoms with Crippen molar-refractivity contribution in [1.82, 2.24) is 0 Å². The number of hydrogen-bond acceptors (Lipinski definition) is 15. The minimum atomic E-state index is -1.77. The molecule has 0 radical (unpaired) electrons. The Hall–Kier alpha value is -2.54. The van der Waals surface area contributed by atoms with Crippen molar-refractivity contribution in [3.05, 3.63) is 48.6 Å². The second kappa shape index (κ2) is 42.8. The third kappa shape index (κ3) is 30.4. The summed E-state index contributed by atoms with van der Waals surface area (Å²) in [4.78, 5) is 25.8. The first-order valence-corrected chi connectivity index (χ1v) is 27.7. The summed E-state index contributed by atoms with van der Waals surface area (Å²) in [6, 6.07) is 0. The van der Waals surface area contributed by atoms with Gasteiger partial charge >= 0.3 is 11.9 Å². The molecule has 11 atom stereocenters. The summed E-state index contributed by atoms with van der Waals surface area (Å²) in [7, 11) is 0. The fourth-order valence-electron chi connectivity index (χ4n) is 8.44. The molecule has 2 rings (SSSR count). The van der Waals surface area contributed by atoms with Crippen LogP contribution in [-0.4, -0.2) is 142 Å². The Kier molecular flexibility index (Phi) is 38.9. The van der Waals surface area contributed by atoms with Gasteiger partial charge in [0.2, 0.25) is 0 Å². The summed E-state index contributed by atoms with van der Waals surface area (Å²) in [6.45, 7) is 2.53. The second-order valence-electron chi connectivity index (χ2n) is 19.4. The van der Waals surface area contributed by atoms with Crippen LogP contribution in [0.5, 0.6) is 0 Å². The number of aliphatic hydroxyl groups excluding tert-OH is 7. The summed E-state index contributed by atoms with van der Waals surface area (Å²) in [5, 5.41) is 72.2. The van der Waals surface area contributed by atoms with E-state index in [1.807, 2.05) is 0 Å². The highest BCUT2D eigenvalue weighted by molar-refractivity contribution is 5.70. The first-order chi connectivity index (χ1) is 34.5. The molecule has 15 heteroatoms. The lowest BCUT2D eigenvalue weighted by Crippen LogP contribution is -2.61. The van der Waals surface area contributed by atoms with E-state index in [-0.39, 0.29) is 26.1 Å². The van der Waals surface area contributed by atoms with E-state index in [0.717, 1.165) is 83.5 Å². The number of carbonyl (C=O) groups is 2. The maximum Gasteiger partial charge on any atom is 0.306 e. The number of carbonyl (C=O) groups excluding carboxylic acids is 2. The average molecular weight is 1010 g/mol. The number of unbranched alkanes of at least 4 members (excludes halogenated alkanes) is 21. The SMILES string of the molecule is CCCC/C=C\C/C=C\CCCCCCCC(=O)OCC(COC1OC(COC2OC(CO)C(O)C(O)C2O)C(O)C(O)C1O)OC(=O)CCCCCCCCCCC/C=C\C/C=C\CCCCCCC. The lowest BCUT2D eigenvalue weighted by Gasteiger charge is -2.42. The molecule has 0 aliphatic carbocycles. The highest BCUT2D eigenvalue weighted by Gasteiger charge is 2.47. The van der Waals surface area contributed by atoms with Gasteiger partial charge in [-0.25, -0.2) is 0 Å². The summed E-state index contributed by atoms with van der Waals surface area (Å²) in [6.07, 6.45) is 31.3. The molecule has 0 amide bonds. The van der Waals surface area contributed by atoms with Crippen LogP contribution in [0.1, 0.15) is 200 Å². The fraction of sp³-hybridized carbons (Fsp3) is 0.821. The number of rotatable bonds is 43. The molecule has 0 aromatic rings. The molecule has 15 nitrogen and oxygen atoms in total. The Morgan fingerprint density at radius 2 is 0.859 bits per heavy atom. The Morgan fingerprint density at radius 1 is 0.451 bits per heavy atom. The molecule has 0 bridgehead atoms. The van der Waals surface area contributed by atoms with Crippen LogP contribution in [0.25, 0.3) is 0 Å². The summed E-state index contributed by atoms with van der Waals surface area (Å²) in [5.74, 6) is -0.945. The molecule has 2 fully saturated rings. The van der Waals surface area contributed by atoms with Crippen LogP contribution < -0.4 is 0 Å². The molecule has 11 unspecified atom stereocenters. The molecule has 2 aliphatic rings. The normalized spacial score (nSPS) is 25.5. The summed E-state index contributed by atoms with van der Waals surface area (Å²) >= 11 is 0. The van der Waals surface area contributed by atoms with Crippen molar-refractivity contribution in [2.45, 2.75) is 268 Å². The van der Waals surface area contributed by atoms with Gasteiger partial charge in [0, 0.05) is 12.8 Å². The van der Waals surface area contributed by atoms with Crippen LogP contribution in [0.3, 0.4) is 0 Å². The van der Waals surface area contributed by atoms with E-state index in [4.69, 9.17) is 28.4 Å². The van der Waals surface area contributed by atoms with Crippen molar-refractivity contribution >= 4 is 11.9 Å². The first-order valence-electron chi connectivity index (χ1n) is 27.7. The molecule has 412 valence electrons. The van der Waals surface area contributed by atoms with Crippen molar-refractivity contribution in [2.75, 3.05) is 26.4 Å². The van der Waals surface area contributed by atoms with Gasteiger partial charge in [-0.1, -0.05) is 165 Å². The second-order valence-corrected chi connectivity index (χ2v) is 19.4. The van der Waals surface area contributed by atoms with Gasteiger partial charge in [0.25, 0.3) is 0 Å². The zero-order valence-corrected chi connectivity index (χ0v) is 43.7. The summed E-state index contributed by atoms with van der Waals surface area (Å²) in [5.41, 5.74) is 0. The molecule has 0 aromatic heterocycles. The van der Waals surface area contributed by atoms with E-state index in [0.29, 0.717) is 12.8 Å². The first kappa shape index (κ1) is 64.6. The van der Waals surface area contributed by atoms with Gasteiger partial charge in [-0.05, 0) is 70.6 Å². The molecule has 71 heavy (non-hydrogen) atoms. The quantitative estimate of drug-likeness (QED) is 0.0172. The maximum atomic E-state index is 13.0. The number of ether oxygens (including phenoxy) is 6. The molecule has 2 saturated heterocycles. The van der Waals surface area contributed by atoms with Gasteiger partial charge in [0.15, 0.2) is 18.7 Å².